The van der Waals surface area contributed by atoms with Crippen LogP contribution < -0.4 is 4.74 Å². The number of rotatable bonds is 4. The van der Waals surface area contributed by atoms with Gasteiger partial charge in [0.1, 0.15) is 5.75 Å². The summed E-state index contributed by atoms with van der Waals surface area (Å²) in [6, 6.07) is 9.50. The van der Waals surface area contributed by atoms with Crippen LogP contribution in [-0.4, -0.2) is 16.7 Å². The molecule has 2 aromatic carbocycles. The van der Waals surface area contributed by atoms with Crippen molar-refractivity contribution in [1.29, 1.82) is 0 Å². The Morgan fingerprint density at radius 1 is 1.14 bits per heavy atom. The van der Waals surface area contributed by atoms with Crippen molar-refractivity contribution in [2.75, 3.05) is 0 Å². The third-order valence-electron chi connectivity index (χ3n) is 2.85. The molecule has 0 N–H and O–H groups in total. The van der Waals surface area contributed by atoms with Gasteiger partial charge in [-0.15, -0.1) is 0 Å². The van der Waals surface area contributed by atoms with Gasteiger partial charge in [0.2, 0.25) is 0 Å². The lowest BCUT2D eigenvalue weighted by atomic mass is 10.1. The van der Waals surface area contributed by atoms with Gasteiger partial charge in [-0.3, -0.25) is 14.9 Å². The van der Waals surface area contributed by atoms with Gasteiger partial charge in [0.15, 0.2) is 5.78 Å². The van der Waals surface area contributed by atoms with E-state index in [1.165, 1.54) is 43.3 Å². The van der Waals surface area contributed by atoms with Gasteiger partial charge in [-0.2, -0.15) is 0 Å². The molecule has 0 aliphatic heterocycles. The Morgan fingerprint density at radius 2 is 1.77 bits per heavy atom. The van der Waals surface area contributed by atoms with Gasteiger partial charge < -0.3 is 4.74 Å². The molecule has 0 spiro atoms. The van der Waals surface area contributed by atoms with Crippen molar-refractivity contribution in [2.45, 2.75) is 6.92 Å². The number of nitrogens with zero attached hydrogens (tertiary/aromatic N) is 1. The van der Waals surface area contributed by atoms with Gasteiger partial charge in [-0.05, 0) is 37.3 Å². The first-order valence-corrected chi connectivity index (χ1v) is 6.53. The van der Waals surface area contributed by atoms with E-state index in [4.69, 9.17) is 16.3 Å². The van der Waals surface area contributed by atoms with Crippen LogP contribution in [0, 0.1) is 10.1 Å². The molecular weight excluding hydrogens is 310 g/mol. The molecule has 0 amide bonds. The van der Waals surface area contributed by atoms with Crippen LogP contribution in [0.4, 0.5) is 5.69 Å². The fourth-order valence-corrected chi connectivity index (χ4v) is 1.95. The molecule has 0 aliphatic rings. The Labute approximate surface area is 130 Å². The van der Waals surface area contributed by atoms with Crippen LogP contribution in [0.25, 0.3) is 0 Å². The molecule has 0 fully saturated rings. The zero-order valence-corrected chi connectivity index (χ0v) is 12.2. The number of non-ortho nitro benzene ring substituents is 1. The number of carbonyl (C=O) groups is 2. The zero-order valence-electron chi connectivity index (χ0n) is 11.4. The van der Waals surface area contributed by atoms with Crippen molar-refractivity contribution in [3.8, 4) is 5.75 Å². The van der Waals surface area contributed by atoms with E-state index in [9.17, 15) is 19.7 Å². The predicted molar refractivity (Wildman–Crippen MR) is 79.5 cm³/mol. The molecule has 2 aromatic rings. The van der Waals surface area contributed by atoms with Gasteiger partial charge >= 0.3 is 5.97 Å². The second-order valence-electron chi connectivity index (χ2n) is 4.39. The average molecular weight is 320 g/mol. The van der Waals surface area contributed by atoms with Crippen LogP contribution in [0.3, 0.4) is 0 Å². The predicted octanol–water partition coefficient (Wildman–Crippen LogP) is 3.67. The number of nitro benzene ring substituents is 1. The number of esters is 1. The fourth-order valence-electron chi connectivity index (χ4n) is 1.70. The van der Waals surface area contributed by atoms with E-state index in [1.807, 2.05) is 0 Å². The van der Waals surface area contributed by atoms with Gasteiger partial charge in [0, 0.05) is 17.7 Å². The van der Waals surface area contributed by atoms with E-state index in [0.29, 0.717) is 5.56 Å². The van der Waals surface area contributed by atoms with Crippen molar-refractivity contribution in [3.63, 3.8) is 0 Å². The number of nitro groups is 1. The summed E-state index contributed by atoms with van der Waals surface area (Å²) in [6.45, 7) is 1.43. The van der Waals surface area contributed by atoms with Crippen LogP contribution >= 0.6 is 11.6 Å². The summed E-state index contributed by atoms with van der Waals surface area (Å²) in [5.41, 5.74) is 0.295. The molecular formula is C15H10ClNO5. The zero-order chi connectivity index (χ0) is 16.3. The largest absolute Gasteiger partial charge is 0.423 e. The maximum Gasteiger partial charge on any atom is 0.345 e. The highest BCUT2D eigenvalue weighted by molar-refractivity contribution is 6.33. The topological polar surface area (TPSA) is 86.5 Å². The molecule has 0 atom stereocenters. The van der Waals surface area contributed by atoms with Crippen LogP contribution in [0.5, 0.6) is 5.75 Å². The highest BCUT2D eigenvalue weighted by atomic mass is 35.5. The smallest absolute Gasteiger partial charge is 0.345 e. The molecule has 0 heterocycles. The van der Waals surface area contributed by atoms with Crippen molar-refractivity contribution in [3.05, 3.63) is 68.7 Å². The lowest BCUT2D eigenvalue weighted by Gasteiger charge is -2.06. The monoisotopic (exact) mass is 319 g/mol. The SMILES string of the molecule is CC(=O)c1ccc(OC(=O)c2ccc([N+](=O)[O-])cc2Cl)cc1. The maximum absolute atomic E-state index is 12.0. The summed E-state index contributed by atoms with van der Waals surface area (Å²) in [5, 5.41) is 10.5. The standard InChI is InChI=1S/C15H10ClNO5/c1-9(18)10-2-5-12(6-3-10)22-15(19)13-7-4-11(17(20)21)8-14(13)16/h2-8H,1H3. The Kier molecular flexibility index (Phi) is 4.53. The third kappa shape index (κ3) is 3.48. The number of Topliss-reactive ketones (excluding diaryl/α,β-unsaturated/α-hetero) is 1. The summed E-state index contributed by atoms with van der Waals surface area (Å²) in [4.78, 5) is 33.1. The van der Waals surface area contributed by atoms with Gasteiger partial charge in [0.05, 0.1) is 15.5 Å². The van der Waals surface area contributed by atoms with Crippen molar-refractivity contribution in [2.24, 2.45) is 0 Å². The first kappa shape index (κ1) is 15.7. The molecule has 0 unspecified atom stereocenters. The van der Waals surface area contributed by atoms with Crippen molar-refractivity contribution in [1.82, 2.24) is 0 Å². The summed E-state index contributed by atoms with van der Waals surface area (Å²) < 4.78 is 5.11. The lowest BCUT2D eigenvalue weighted by molar-refractivity contribution is -0.384. The Balaban J connectivity index is 2.18. The molecule has 0 aliphatic carbocycles. The third-order valence-corrected chi connectivity index (χ3v) is 3.17. The minimum Gasteiger partial charge on any atom is -0.423 e. The van der Waals surface area contributed by atoms with Crippen LogP contribution in [0.2, 0.25) is 5.02 Å². The first-order chi connectivity index (χ1) is 10.4. The Morgan fingerprint density at radius 3 is 2.27 bits per heavy atom. The summed E-state index contributed by atoms with van der Waals surface area (Å²) in [6.07, 6.45) is 0. The molecule has 112 valence electrons. The molecule has 0 saturated heterocycles. The number of ether oxygens (including phenoxy) is 1. The van der Waals surface area contributed by atoms with E-state index < -0.39 is 10.9 Å². The van der Waals surface area contributed by atoms with Gasteiger partial charge in [0.25, 0.3) is 5.69 Å². The second kappa shape index (κ2) is 6.36. The highest BCUT2D eigenvalue weighted by Gasteiger charge is 2.16. The van der Waals surface area contributed by atoms with Gasteiger partial charge in [-0.1, -0.05) is 11.6 Å². The normalized spacial score (nSPS) is 10.1. The molecule has 2 rings (SSSR count). The van der Waals surface area contributed by atoms with E-state index in [0.717, 1.165) is 6.07 Å². The minimum absolute atomic E-state index is 0.0166. The van der Waals surface area contributed by atoms with Gasteiger partial charge in [-0.25, -0.2) is 4.79 Å². The molecule has 22 heavy (non-hydrogen) atoms. The molecule has 0 aromatic heterocycles. The van der Waals surface area contributed by atoms with Crippen LogP contribution in [0.15, 0.2) is 42.5 Å². The molecule has 7 heteroatoms. The van der Waals surface area contributed by atoms with Crippen molar-refractivity contribution < 1.29 is 19.2 Å². The summed E-state index contributed by atoms with van der Waals surface area (Å²) in [7, 11) is 0. The van der Waals surface area contributed by atoms with Crippen molar-refractivity contribution >= 4 is 29.0 Å². The molecule has 0 radical (unpaired) electrons. The lowest BCUT2D eigenvalue weighted by Crippen LogP contribution is -2.09. The number of benzene rings is 2. The van der Waals surface area contributed by atoms with Crippen LogP contribution in [-0.2, 0) is 0 Å². The molecule has 0 bridgehead atoms. The van der Waals surface area contributed by atoms with E-state index >= 15 is 0 Å². The first-order valence-electron chi connectivity index (χ1n) is 6.15. The number of halogens is 1. The molecule has 0 saturated carbocycles. The minimum atomic E-state index is -0.740. The van der Waals surface area contributed by atoms with Crippen LogP contribution in [0.1, 0.15) is 27.6 Å². The number of ketones is 1. The molecule has 6 nitrogen and oxygen atoms in total. The number of hydrogen-bond acceptors (Lipinski definition) is 5. The summed E-state index contributed by atoms with van der Waals surface area (Å²) in [5.74, 6) is -0.601. The van der Waals surface area contributed by atoms with E-state index in [2.05, 4.69) is 0 Å². The Bertz CT molecular complexity index is 755. The second-order valence-corrected chi connectivity index (χ2v) is 4.80. The quantitative estimate of drug-likeness (QED) is 0.282. The average Bonchev–Trinajstić information content (AvgIpc) is 2.47. The maximum atomic E-state index is 12.0. The number of hydrogen-bond donors (Lipinski definition) is 0. The van der Waals surface area contributed by atoms with E-state index in [1.54, 1.807) is 0 Å². The highest BCUT2D eigenvalue weighted by Crippen LogP contribution is 2.24. The van der Waals surface area contributed by atoms with E-state index in [-0.39, 0.29) is 27.8 Å². The number of carbonyl (C=O) groups excluding carboxylic acids is 2. The summed E-state index contributed by atoms with van der Waals surface area (Å²) >= 11 is 5.85. The Hall–Kier alpha value is -2.73. The fraction of sp³-hybridized carbons (Fsp3) is 0.0667.